The van der Waals surface area contributed by atoms with Gasteiger partial charge in [0.05, 0.1) is 11.5 Å². The number of hydrogen-bond acceptors (Lipinski definition) is 3. The lowest BCUT2D eigenvalue weighted by Crippen LogP contribution is -2.17. The van der Waals surface area contributed by atoms with Crippen molar-refractivity contribution >= 4 is 21.6 Å². The van der Waals surface area contributed by atoms with Crippen LogP contribution in [-0.4, -0.2) is 9.60 Å². The van der Waals surface area contributed by atoms with E-state index >= 15 is 0 Å². The third kappa shape index (κ3) is 2.78. The first-order valence-corrected chi connectivity index (χ1v) is 6.60. The smallest absolute Gasteiger partial charge is 0.283 e. The molecular weight excluding hydrogens is 310 g/mol. The molecule has 100 valence electrons. The molecule has 1 aromatic carbocycles. The number of nitro groups is 1. The van der Waals surface area contributed by atoms with E-state index in [-0.39, 0.29) is 10.6 Å². The van der Waals surface area contributed by atoms with Gasteiger partial charge in [-0.15, -0.1) is 0 Å². The van der Waals surface area contributed by atoms with Gasteiger partial charge in [0, 0.05) is 17.5 Å². The highest BCUT2D eigenvalue weighted by Crippen LogP contribution is 2.28. The number of nitro benzene ring substituents is 1. The molecule has 1 heterocycles. The maximum atomic E-state index is 10.9. The van der Waals surface area contributed by atoms with Crippen LogP contribution in [0.3, 0.4) is 0 Å². The summed E-state index contributed by atoms with van der Waals surface area (Å²) in [5.41, 5.74) is 6.37. The first-order chi connectivity index (χ1) is 9.00. The second-order valence-corrected chi connectivity index (χ2v) is 5.09. The van der Waals surface area contributed by atoms with E-state index in [1.54, 1.807) is 6.07 Å². The minimum Gasteiger partial charge on any atom is -0.321 e. The summed E-state index contributed by atoms with van der Waals surface area (Å²) in [6.07, 6.45) is 0. The fourth-order valence-electron chi connectivity index (χ4n) is 1.93. The van der Waals surface area contributed by atoms with E-state index in [0.29, 0.717) is 11.0 Å². The van der Waals surface area contributed by atoms with Crippen LogP contribution in [0.2, 0.25) is 0 Å². The van der Waals surface area contributed by atoms with Gasteiger partial charge in [-0.05, 0) is 47.5 Å². The number of hydrogen-bond donors (Lipinski definition) is 1. The lowest BCUT2D eigenvalue weighted by molar-refractivity contribution is -0.385. The van der Waals surface area contributed by atoms with Gasteiger partial charge in [0.1, 0.15) is 4.47 Å². The van der Waals surface area contributed by atoms with Crippen LogP contribution in [0.15, 0.2) is 34.8 Å². The Labute approximate surface area is 119 Å². The third-order valence-corrected chi connectivity index (χ3v) is 3.87. The fourth-order valence-corrected chi connectivity index (χ4v) is 2.48. The Kier molecular flexibility index (Phi) is 3.90. The lowest BCUT2D eigenvalue weighted by atomic mass is 10.2. The van der Waals surface area contributed by atoms with E-state index in [9.17, 15) is 10.1 Å². The molecular formula is C13H14BrN3O2. The Morgan fingerprint density at radius 1 is 1.26 bits per heavy atom. The van der Waals surface area contributed by atoms with E-state index in [4.69, 9.17) is 0 Å². The van der Waals surface area contributed by atoms with Crippen molar-refractivity contribution in [1.82, 2.24) is 4.68 Å². The molecule has 0 saturated carbocycles. The van der Waals surface area contributed by atoms with Gasteiger partial charge >= 0.3 is 0 Å². The van der Waals surface area contributed by atoms with Gasteiger partial charge in [0.2, 0.25) is 0 Å². The van der Waals surface area contributed by atoms with Crippen molar-refractivity contribution in [3.05, 3.63) is 61.9 Å². The number of rotatable bonds is 4. The highest BCUT2D eigenvalue weighted by Gasteiger charge is 2.14. The van der Waals surface area contributed by atoms with Crippen molar-refractivity contribution in [3.8, 4) is 0 Å². The zero-order chi connectivity index (χ0) is 14.0. The van der Waals surface area contributed by atoms with Crippen molar-refractivity contribution in [2.24, 2.45) is 0 Å². The topological polar surface area (TPSA) is 60.1 Å². The SMILES string of the molecule is Cc1ccc(C)n1NCc1cccc([N+](=O)[O-])c1Br. The maximum absolute atomic E-state index is 10.9. The second kappa shape index (κ2) is 5.44. The Morgan fingerprint density at radius 3 is 2.47 bits per heavy atom. The number of nitrogens with zero attached hydrogens (tertiary/aromatic N) is 2. The fraction of sp³-hybridized carbons (Fsp3) is 0.231. The normalized spacial score (nSPS) is 10.5. The molecule has 0 amide bonds. The Morgan fingerprint density at radius 2 is 1.89 bits per heavy atom. The number of aryl methyl sites for hydroxylation is 2. The molecule has 0 radical (unpaired) electrons. The summed E-state index contributed by atoms with van der Waals surface area (Å²) in [5.74, 6) is 0. The summed E-state index contributed by atoms with van der Waals surface area (Å²) < 4.78 is 2.49. The molecule has 0 aliphatic rings. The maximum Gasteiger partial charge on any atom is 0.283 e. The molecule has 0 unspecified atom stereocenters. The van der Waals surface area contributed by atoms with Crippen LogP contribution in [0.5, 0.6) is 0 Å². The standard InChI is InChI=1S/C13H14BrN3O2/c1-9-6-7-10(2)16(9)15-8-11-4-3-5-12(13(11)14)17(18)19/h3-7,15H,8H2,1-2H3. The highest BCUT2D eigenvalue weighted by molar-refractivity contribution is 9.10. The zero-order valence-electron chi connectivity index (χ0n) is 10.7. The molecule has 0 bridgehead atoms. The van der Waals surface area contributed by atoms with Crippen LogP contribution in [0.1, 0.15) is 17.0 Å². The van der Waals surface area contributed by atoms with Gasteiger partial charge in [0.25, 0.3) is 5.69 Å². The third-order valence-electron chi connectivity index (χ3n) is 2.95. The number of benzene rings is 1. The first-order valence-electron chi connectivity index (χ1n) is 5.81. The van der Waals surface area contributed by atoms with Crippen LogP contribution in [-0.2, 0) is 6.54 Å². The van der Waals surface area contributed by atoms with Crippen molar-refractivity contribution in [3.63, 3.8) is 0 Å². The van der Waals surface area contributed by atoms with Crippen molar-refractivity contribution in [2.75, 3.05) is 5.43 Å². The molecule has 0 atom stereocenters. The van der Waals surface area contributed by atoms with Gasteiger partial charge in [0.15, 0.2) is 0 Å². The monoisotopic (exact) mass is 323 g/mol. The molecule has 19 heavy (non-hydrogen) atoms. The molecule has 2 aromatic rings. The summed E-state index contributed by atoms with van der Waals surface area (Å²) in [7, 11) is 0. The van der Waals surface area contributed by atoms with Crippen LogP contribution in [0, 0.1) is 24.0 Å². The summed E-state index contributed by atoms with van der Waals surface area (Å²) >= 11 is 3.29. The predicted octanol–water partition coefficient (Wildman–Crippen LogP) is 3.52. The summed E-state index contributed by atoms with van der Waals surface area (Å²) in [4.78, 5) is 10.5. The highest BCUT2D eigenvalue weighted by atomic mass is 79.9. The average Bonchev–Trinajstić information content (AvgIpc) is 2.68. The van der Waals surface area contributed by atoms with E-state index in [1.165, 1.54) is 6.07 Å². The Bertz CT molecular complexity index is 603. The summed E-state index contributed by atoms with van der Waals surface area (Å²) in [5, 5.41) is 10.9. The molecule has 1 N–H and O–H groups in total. The minimum atomic E-state index is -0.389. The van der Waals surface area contributed by atoms with Crippen molar-refractivity contribution in [1.29, 1.82) is 0 Å². The van der Waals surface area contributed by atoms with Gasteiger partial charge in [-0.25, -0.2) is 0 Å². The average molecular weight is 324 g/mol. The predicted molar refractivity (Wildman–Crippen MR) is 77.8 cm³/mol. The largest absolute Gasteiger partial charge is 0.321 e. The summed E-state index contributed by atoms with van der Waals surface area (Å²) in [6.45, 7) is 4.52. The lowest BCUT2D eigenvalue weighted by Gasteiger charge is -2.13. The van der Waals surface area contributed by atoms with E-state index in [0.717, 1.165) is 17.0 Å². The summed E-state index contributed by atoms with van der Waals surface area (Å²) in [6, 6.07) is 9.07. The molecule has 0 fully saturated rings. The van der Waals surface area contributed by atoms with E-state index in [1.807, 2.05) is 36.7 Å². The van der Waals surface area contributed by atoms with Gasteiger partial charge in [-0.3, -0.25) is 14.8 Å². The van der Waals surface area contributed by atoms with Crippen LogP contribution in [0.4, 0.5) is 5.69 Å². The van der Waals surface area contributed by atoms with E-state index in [2.05, 4.69) is 21.4 Å². The number of nitrogens with one attached hydrogen (secondary N) is 1. The molecule has 0 aliphatic heterocycles. The van der Waals surface area contributed by atoms with Crippen molar-refractivity contribution < 1.29 is 4.92 Å². The molecule has 0 spiro atoms. The zero-order valence-corrected chi connectivity index (χ0v) is 12.3. The quantitative estimate of drug-likeness (QED) is 0.691. The van der Waals surface area contributed by atoms with Crippen LogP contribution in [0.25, 0.3) is 0 Å². The van der Waals surface area contributed by atoms with Crippen LogP contribution < -0.4 is 5.43 Å². The molecule has 0 saturated heterocycles. The molecule has 2 rings (SSSR count). The number of halogens is 1. The van der Waals surface area contributed by atoms with Gasteiger partial charge in [-0.1, -0.05) is 12.1 Å². The molecule has 0 aliphatic carbocycles. The van der Waals surface area contributed by atoms with Crippen LogP contribution >= 0.6 is 15.9 Å². The minimum absolute atomic E-state index is 0.0836. The Hall–Kier alpha value is -1.82. The Balaban J connectivity index is 2.21. The second-order valence-electron chi connectivity index (χ2n) is 4.29. The van der Waals surface area contributed by atoms with Crippen molar-refractivity contribution in [2.45, 2.75) is 20.4 Å². The molecule has 1 aromatic heterocycles. The number of aromatic nitrogens is 1. The van der Waals surface area contributed by atoms with E-state index < -0.39 is 0 Å². The van der Waals surface area contributed by atoms with Gasteiger partial charge in [-0.2, -0.15) is 0 Å². The first kappa shape index (κ1) is 13.6. The van der Waals surface area contributed by atoms with Gasteiger partial charge < -0.3 is 5.43 Å². The molecule has 5 nitrogen and oxygen atoms in total. The molecule has 6 heteroatoms.